The zero-order valence-electron chi connectivity index (χ0n) is 14.1. The highest BCUT2D eigenvalue weighted by Crippen LogP contribution is 2.28. The summed E-state index contributed by atoms with van der Waals surface area (Å²) in [5.74, 6) is -2.53. The van der Waals surface area contributed by atoms with Crippen molar-refractivity contribution in [2.45, 2.75) is 68.3 Å². The number of aliphatic hydroxyl groups excluding tert-OH is 6. The van der Waals surface area contributed by atoms with Gasteiger partial charge in [-0.15, -0.1) is 0 Å². The van der Waals surface area contributed by atoms with Gasteiger partial charge in [0.25, 0.3) is 0 Å². The fraction of sp³-hybridized carbons (Fsp3) is 0.857. The molecule has 13 nitrogen and oxygen atoms in total. The molecule has 0 unspecified atom stereocenters. The van der Waals surface area contributed by atoms with E-state index in [9.17, 15) is 45.3 Å². The van der Waals surface area contributed by atoms with Crippen LogP contribution in [0.3, 0.4) is 0 Å². The fourth-order valence-corrected chi connectivity index (χ4v) is 2.93. The summed E-state index contributed by atoms with van der Waals surface area (Å²) in [6, 6.07) is -1.42. The van der Waals surface area contributed by atoms with Crippen LogP contribution in [0.25, 0.3) is 0 Å². The van der Waals surface area contributed by atoms with E-state index >= 15 is 0 Å². The van der Waals surface area contributed by atoms with E-state index in [4.69, 9.17) is 9.47 Å². The molecule has 2 fully saturated rings. The molecule has 2 aliphatic rings. The molecule has 2 aliphatic heterocycles. The third kappa shape index (κ3) is 4.53. The molecular weight excluding hydrogens is 374 g/mol. The van der Waals surface area contributed by atoms with Crippen LogP contribution in [-0.2, 0) is 23.8 Å². The standard InChI is InChI=1S/C14H23NO12/c1-3(17)15-5-7(19)6(18)4(2-16)25-14(5)27-10-8(20)9(21)13(24)26-11(10)12(22)23/h4-11,13-14,16,18-21,24H,2H2,1H3,(H,15,17)(H,22,23)/p-1/t4-,5-,6-,7-,8-,9-,10+,11+,13-,14+/m1/s1. The van der Waals surface area contributed by atoms with Gasteiger partial charge in [-0.25, -0.2) is 0 Å². The number of carboxylic acids is 1. The van der Waals surface area contributed by atoms with E-state index in [1.165, 1.54) is 0 Å². The van der Waals surface area contributed by atoms with Gasteiger partial charge in [-0.1, -0.05) is 0 Å². The Morgan fingerprint density at radius 3 is 2.19 bits per heavy atom. The van der Waals surface area contributed by atoms with Crippen molar-refractivity contribution < 1.29 is 59.5 Å². The van der Waals surface area contributed by atoms with Crippen molar-refractivity contribution in [1.82, 2.24) is 5.32 Å². The molecule has 0 saturated carbocycles. The van der Waals surface area contributed by atoms with Gasteiger partial charge >= 0.3 is 0 Å². The molecule has 7 N–H and O–H groups in total. The van der Waals surface area contributed by atoms with Crippen LogP contribution in [0.2, 0.25) is 0 Å². The van der Waals surface area contributed by atoms with Gasteiger partial charge in [-0.2, -0.15) is 0 Å². The molecule has 0 radical (unpaired) electrons. The Morgan fingerprint density at radius 1 is 1.04 bits per heavy atom. The van der Waals surface area contributed by atoms with Crippen molar-refractivity contribution in [3.05, 3.63) is 0 Å². The normalized spacial score (nSPS) is 45.3. The molecule has 1 amide bonds. The predicted molar refractivity (Wildman–Crippen MR) is 78.1 cm³/mol. The van der Waals surface area contributed by atoms with Crippen LogP contribution in [0, 0.1) is 0 Å². The summed E-state index contributed by atoms with van der Waals surface area (Å²) in [7, 11) is 0. The van der Waals surface area contributed by atoms with Crippen molar-refractivity contribution in [3.8, 4) is 0 Å². The molecule has 2 saturated heterocycles. The van der Waals surface area contributed by atoms with Crippen LogP contribution < -0.4 is 10.4 Å². The van der Waals surface area contributed by atoms with Crippen molar-refractivity contribution in [2.24, 2.45) is 0 Å². The molecule has 2 heterocycles. The highest BCUT2D eigenvalue weighted by Gasteiger charge is 2.51. The molecule has 10 atom stereocenters. The average Bonchev–Trinajstić information content (AvgIpc) is 2.60. The summed E-state index contributed by atoms with van der Waals surface area (Å²) >= 11 is 0. The number of carboxylic acid groups (broad SMARTS) is 1. The maximum absolute atomic E-state index is 11.4. The predicted octanol–water partition coefficient (Wildman–Crippen LogP) is -6.50. The summed E-state index contributed by atoms with van der Waals surface area (Å²) in [6.07, 6.45) is -16.1. The molecule has 0 spiro atoms. The van der Waals surface area contributed by atoms with Crippen molar-refractivity contribution in [3.63, 3.8) is 0 Å². The Balaban J connectivity index is 2.28. The number of carbonyl (C=O) groups excluding carboxylic acids is 2. The van der Waals surface area contributed by atoms with Gasteiger partial charge in [0.1, 0.15) is 48.8 Å². The zero-order valence-corrected chi connectivity index (χ0v) is 14.1. The highest BCUT2D eigenvalue weighted by atomic mass is 16.7. The van der Waals surface area contributed by atoms with Crippen LogP contribution in [0.4, 0.5) is 0 Å². The first-order chi connectivity index (χ1) is 12.6. The third-order valence-electron chi connectivity index (χ3n) is 4.34. The molecule has 2 rings (SSSR count). The SMILES string of the molecule is CC(=O)N[C@H]1[C@H](O[C@H]2[C@H](O)[C@@H](O)[C@H](O)O[C@@H]2C(=O)[O-])O[C@H](CO)[C@@H](O)[C@@H]1O. The highest BCUT2D eigenvalue weighted by molar-refractivity contribution is 5.73. The number of amides is 1. The number of aliphatic hydroxyl groups is 6. The maximum Gasteiger partial charge on any atom is 0.217 e. The fourth-order valence-electron chi connectivity index (χ4n) is 2.93. The summed E-state index contributed by atoms with van der Waals surface area (Å²) < 4.78 is 15.2. The van der Waals surface area contributed by atoms with Gasteiger partial charge in [-0.05, 0) is 0 Å². The summed E-state index contributed by atoms with van der Waals surface area (Å²) in [5, 5.41) is 72.0. The monoisotopic (exact) mass is 396 g/mol. The summed E-state index contributed by atoms with van der Waals surface area (Å²) in [4.78, 5) is 22.6. The van der Waals surface area contributed by atoms with Crippen molar-refractivity contribution in [1.29, 1.82) is 0 Å². The number of carbonyl (C=O) groups is 2. The Hall–Kier alpha value is -1.42. The van der Waals surface area contributed by atoms with Gasteiger partial charge < -0.3 is 60.1 Å². The minimum atomic E-state index is -2.03. The van der Waals surface area contributed by atoms with E-state index in [-0.39, 0.29) is 0 Å². The number of aliphatic carboxylic acids is 1. The molecule has 0 aliphatic carbocycles. The first-order valence-corrected chi connectivity index (χ1v) is 8.04. The lowest BCUT2D eigenvalue weighted by Gasteiger charge is -2.46. The Bertz CT molecular complexity index is 546. The topological polar surface area (TPSA) is 218 Å². The lowest BCUT2D eigenvalue weighted by atomic mass is 9.95. The largest absolute Gasteiger partial charge is 0.547 e. The second kappa shape index (κ2) is 8.72. The number of rotatable bonds is 5. The van der Waals surface area contributed by atoms with Crippen molar-refractivity contribution >= 4 is 11.9 Å². The second-order valence-electron chi connectivity index (χ2n) is 6.28. The molecule has 0 aromatic carbocycles. The van der Waals surface area contributed by atoms with Crippen LogP contribution in [-0.4, -0.2) is 110 Å². The van der Waals surface area contributed by atoms with Crippen LogP contribution >= 0.6 is 0 Å². The first kappa shape index (κ1) is 21.9. The lowest BCUT2D eigenvalue weighted by molar-refractivity contribution is -0.364. The number of nitrogens with one attached hydrogen (secondary N) is 1. The summed E-state index contributed by atoms with van der Waals surface area (Å²) in [5.41, 5.74) is 0. The third-order valence-corrected chi connectivity index (χ3v) is 4.34. The first-order valence-electron chi connectivity index (χ1n) is 8.04. The van der Waals surface area contributed by atoms with Gasteiger partial charge in [-0.3, -0.25) is 4.79 Å². The lowest BCUT2D eigenvalue weighted by Crippen LogP contribution is -2.68. The molecule has 156 valence electrons. The van der Waals surface area contributed by atoms with E-state index in [0.29, 0.717) is 0 Å². The van der Waals surface area contributed by atoms with Crippen LogP contribution in [0.15, 0.2) is 0 Å². The number of ether oxygens (including phenoxy) is 3. The van der Waals surface area contributed by atoms with Crippen LogP contribution in [0.1, 0.15) is 6.92 Å². The number of hydrogen-bond acceptors (Lipinski definition) is 12. The quantitative estimate of drug-likeness (QED) is 0.231. The molecule has 13 heteroatoms. The Labute approximate surface area is 152 Å². The summed E-state index contributed by atoms with van der Waals surface area (Å²) in [6.45, 7) is 0.344. The van der Waals surface area contributed by atoms with E-state index in [0.717, 1.165) is 6.92 Å². The molecule has 27 heavy (non-hydrogen) atoms. The van der Waals surface area contributed by atoms with E-state index in [2.05, 4.69) is 10.1 Å². The zero-order chi connectivity index (χ0) is 20.5. The van der Waals surface area contributed by atoms with Crippen LogP contribution in [0.5, 0.6) is 0 Å². The Morgan fingerprint density at radius 2 is 1.67 bits per heavy atom. The number of hydrogen-bond donors (Lipinski definition) is 7. The molecule has 0 bridgehead atoms. The minimum absolute atomic E-state index is 0.654. The smallest absolute Gasteiger partial charge is 0.217 e. The van der Waals surface area contributed by atoms with Crippen molar-refractivity contribution in [2.75, 3.05) is 6.61 Å². The van der Waals surface area contributed by atoms with E-state index in [1.54, 1.807) is 0 Å². The Kier molecular flexibility index (Phi) is 7.07. The minimum Gasteiger partial charge on any atom is -0.547 e. The maximum atomic E-state index is 11.4. The average molecular weight is 396 g/mol. The van der Waals surface area contributed by atoms with E-state index < -0.39 is 79.8 Å². The second-order valence-corrected chi connectivity index (χ2v) is 6.28. The molecular formula is C14H22NO12-. The van der Waals surface area contributed by atoms with Gasteiger partial charge in [0.15, 0.2) is 12.6 Å². The van der Waals surface area contributed by atoms with Gasteiger partial charge in [0.2, 0.25) is 5.91 Å². The van der Waals surface area contributed by atoms with Gasteiger partial charge in [0, 0.05) is 6.92 Å². The molecule has 0 aromatic rings. The van der Waals surface area contributed by atoms with E-state index in [1.807, 2.05) is 0 Å². The van der Waals surface area contributed by atoms with Gasteiger partial charge in [0.05, 0.1) is 12.6 Å². The molecule has 0 aromatic heterocycles.